The number of nitrogens with zero attached hydrogens (tertiary/aromatic N) is 3. The van der Waals surface area contributed by atoms with Crippen molar-refractivity contribution in [2.24, 2.45) is 4.99 Å². The first-order valence-corrected chi connectivity index (χ1v) is 5.24. The van der Waals surface area contributed by atoms with Crippen LogP contribution in [0, 0.1) is 6.92 Å². The number of hydrogen-bond acceptors (Lipinski definition) is 3. The molecule has 0 aliphatic heterocycles. The number of guanidine groups is 1. The Morgan fingerprint density at radius 2 is 2.36 bits per heavy atom. The topological polar surface area (TPSA) is 40.5 Å². The Morgan fingerprint density at radius 3 is 2.79 bits per heavy atom. The summed E-state index contributed by atoms with van der Waals surface area (Å²) < 4.78 is 0. The van der Waals surface area contributed by atoms with Crippen molar-refractivity contribution in [3.8, 4) is 0 Å². The van der Waals surface area contributed by atoms with E-state index in [1.54, 1.807) is 18.4 Å². The molecule has 0 saturated carbocycles. The molecular weight excluding hydrogens is 196 g/mol. The minimum atomic E-state index is 0.739. The molecule has 1 rings (SSSR count). The van der Waals surface area contributed by atoms with Gasteiger partial charge in [-0.15, -0.1) is 11.3 Å². The van der Waals surface area contributed by atoms with Crippen molar-refractivity contribution in [2.45, 2.75) is 13.5 Å². The van der Waals surface area contributed by atoms with Crippen molar-refractivity contribution in [1.82, 2.24) is 15.2 Å². The lowest BCUT2D eigenvalue weighted by Crippen LogP contribution is -2.35. The van der Waals surface area contributed by atoms with Crippen molar-refractivity contribution in [2.75, 3.05) is 21.1 Å². The Morgan fingerprint density at radius 1 is 1.64 bits per heavy atom. The highest BCUT2D eigenvalue weighted by Gasteiger charge is 2.02. The average Bonchev–Trinajstić information content (AvgIpc) is 2.52. The van der Waals surface area contributed by atoms with E-state index >= 15 is 0 Å². The largest absolute Gasteiger partial charge is 0.350 e. The van der Waals surface area contributed by atoms with Crippen LogP contribution < -0.4 is 5.32 Å². The van der Waals surface area contributed by atoms with Gasteiger partial charge in [0.25, 0.3) is 0 Å². The third-order valence-electron chi connectivity index (χ3n) is 1.70. The summed E-state index contributed by atoms with van der Waals surface area (Å²) in [6.45, 7) is 2.80. The molecule has 0 aliphatic rings. The normalized spacial score (nSPS) is 11.6. The lowest BCUT2D eigenvalue weighted by molar-refractivity contribution is 0.582. The molecule has 5 heteroatoms. The Hall–Kier alpha value is -1.10. The van der Waals surface area contributed by atoms with Gasteiger partial charge in [-0.25, -0.2) is 4.98 Å². The highest BCUT2D eigenvalue weighted by Crippen LogP contribution is 2.10. The van der Waals surface area contributed by atoms with Gasteiger partial charge < -0.3 is 10.2 Å². The van der Waals surface area contributed by atoms with Crippen LogP contribution >= 0.6 is 11.3 Å². The molecule has 4 nitrogen and oxygen atoms in total. The van der Waals surface area contributed by atoms with E-state index in [1.807, 2.05) is 25.2 Å². The van der Waals surface area contributed by atoms with Gasteiger partial charge in [0.2, 0.25) is 0 Å². The van der Waals surface area contributed by atoms with Gasteiger partial charge >= 0.3 is 0 Å². The van der Waals surface area contributed by atoms with Gasteiger partial charge in [0.05, 0.1) is 6.54 Å². The fraction of sp³-hybridized carbons (Fsp3) is 0.556. The summed E-state index contributed by atoms with van der Waals surface area (Å²) in [5.41, 5.74) is 0. The molecule has 0 saturated heterocycles. The molecule has 14 heavy (non-hydrogen) atoms. The highest BCUT2D eigenvalue weighted by atomic mass is 32.1. The van der Waals surface area contributed by atoms with E-state index in [2.05, 4.69) is 22.2 Å². The van der Waals surface area contributed by atoms with Gasteiger partial charge in [-0.3, -0.25) is 4.99 Å². The molecule has 0 atom stereocenters. The molecule has 1 aromatic heterocycles. The van der Waals surface area contributed by atoms with E-state index in [-0.39, 0.29) is 0 Å². The second-order valence-electron chi connectivity index (χ2n) is 3.16. The quantitative estimate of drug-likeness (QED) is 0.589. The van der Waals surface area contributed by atoms with Crippen LogP contribution in [-0.4, -0.2) is 37.0 Å². The van der Waals surface area contributed by atoms with Gasteiger partial charge in [0, 0.05) is 32.2 Å². The maximum absolute atomic E-state index is 4.26. The fourth-order valence-corrected chi connectivity index (χ4v) is 1.80. The van der Waals surface area contributed by atoms with Gasteiger partial charge in [-0.1, -0.05) is 0 Å². The monoisotopic (exact) mass is 212 g/mol. The lowest BCUT2D eigenvalue weighted by Gasteiger charge is -2.15. The zero-order chi connectivity index (χ0) is 10.6. The van der Waals surface area contributed by atoms with Crippen LogP contribution in [0.15, 0.2) is 11.2 Å². The van der Waals surface area contributed by atoms with Crippen molar-refractivity contribution >= 4 is 17.3 Å². The summed E-state index contributed by atoms with van der Waals surface area (Å²) >= 11 is 1.70. The standard InChI is InChI=1S/C9H16N4S/c1-7-5-11-8(14-7)6-12-9(10-2)13(3)4/h5H,6H2,1-4H3,(H,10,12). The van der Waals surface area contributed by atoms with E-state index in [4.69, 9.17) is 0 Å². The summed E-state index contributed by atoms with van der Waals surface area (Å²) in [5, 5.41) is 4.31. The molecule has 0 fully saturated rings. The van der Waals surface area contributed by atoms with E-state index in [0.29, 0.717) is 0 Å². The van der Waals surface area contributed by atoms with Crippen LogP contribution in [0.1, 0.15) is 9.88 Å². The number of nitrogens with one attached hydrogen (secondary N) is 1. The fourth-order valence-electron chi connectivity index (χ4n) is 1.08. The minimum absolute atomic E-state index is 0.739. The van der Waals surface area contributed by atoms with Crippen LogP contribution in [0.3, 0.4) is 0 Å². The van der Waals surface area contributed by atoms with Gasteiger partial charge in [-0.2, -0.15) is 0 Å². The Bertz CT molecular complexity index is 316. The Balaban J connectivity index is 2.48. The first kappa shape index (κ1) is 11.0. The molecule has 0 radical (unpaired) electrons. The van der Waals surface area contributed by atoms with E-state index < -0.39 is 0 Å². The Kier molecular flexibility index (Phi) is 3.88. The molecule has 0 amide bonds. The molecule has 0 aromatic carbocycles. The number of hydrogen-bond donors (Lipinski definition) is 1. The summed E-state index contributed by atoms with van der Waals surface area (Å²) in [5.74, 6) is 0.873. The predicted octanol–water partition coefficient (Wildman–Crippen LogP) is 1.09. The third kappa shape index (κ3) is 2.99. The maximum atomic E-state index is 4.26. The lowest BCUT2D eigenvalue weighted by atomic mass is 10.6. The SMILES string of the molecule is CN=C(NCc1ncc(C)s1)N(C)C. The summed E-state index contributed by atoms with van der Waals surface area (Å²) in [6.07, 6.45) is 1.89. The van der Waals surface area contributed by atoms with Crippen LogP contribution in [0.4, 0.5) is 0 Å². The summed E-state index contributed by atoms with van der Waals surface area (Å²) in [4.78, 5) is 11.6. The molecule has 1 N–H and O–H groups in total. The zero-order valence-corrected chi connectivity index (χ0v) is 9.85. The number of aryl methyl sites for hydroxylation is 1. The molecule has 0 aliphatic carbocycles. The van der Waals surface area contributed by atoms with Crippen LogP contribution in [0.25, 0.3) is 0 Å². The highest BCUT2D eigenvalue weighted by molar-refractivity contribution is 7.11. The van der Waals surface area contributed by atoms with Gasteiger partial charge in [-0.05, 0) is 6.92 Å². The van der Waals surface area contributed by atoms with Gasteiger partial charge in [0.15, 0.2) is 5.96 Å². The summed E-state index contributed by atoms with van der Waals surface area (Å²) in [7, 11) is 5.69. The number of aliphatic imine (C=N–C) groups is 1. The van der Waals surface area contributed by atoms with Crippen LogP contribution in [0.2, 0.25) is 0 Å². The van der Waals surface area contributed by atoms with Crippen LogP contribution in [0.5, 0.6) is 0 Å². The number of aromatic nitrogens is 1. The van der Waals surface area contributed by atoms with E-state index in [9.17, 15) is 0 Å². The molecule has 0 bridgehead atoms. The first-order valence-electron chi connectivity index (χ1n) is 4.42. The summed E-state index contributed by atoms with van der Waals surface area (Å²) in [6, 6.07) is 0. The van der Waals surface area contributed by atoms with Crippen molar-refractivity contribution in [1.29, 1.82) is 0 Å². The van der Waals surface area contributed by atoms with Crippen molar-refractivity contribution in [3.63, 3.8) is 0 Å². The first-order chi connectivity index (χ1) is 6.63. The van der Waals surface area contributed by atoms with Crippen LogP contribution in [-0.2, 0) is 6.54 Å². The number of rotatable bonds is 2. The van der Waals surface area contributed by atoms with E-state index in [1.165, 1.54) is 4.88 Å². The third-order valence-corrected chi connectivity index (χ3v) is 2.62. The van der Waals surface area contributed by atoms with Crippen molar-refractivity contribution in [3.05, 3.63) is 16.1 Å². The average molecular weight is 212 g/mol. The Labute approximate surface area is 88.7 Å². The minimum Gasteiger partial charge on any atom is -0.350 e. The maximum Gasteiger partial charge on any atom is 0.193 e. The van der Waals surface area contributed by atoms with Crippen molar-refractivity contribution < 1.29 is 0 Å². The molecule has 0 spiro atoms. The second kappa shape index (κ2) is 4.95. The molecular formula is C9H16N4S. The molecule has 1 aromatic rings. The molecule has 78 valence electrons. The number of thiazole rings is 1. The molecule has 1 heterocycles. The molecule has 0 unspecified atom stereocenters. The van der Waals surface area contributed by atoms with E-state index in [0.717, 1.165) is 17.5 Å². The van der Waals surface area contributed by atoms with Gasteiger partial charge in [0.1, 0.15) is 5.01 Å². The zero-order valence-electron chi connectivity index (χ0n) is 9.03. The smallest absolute Gasteiger partial charge is 0.193 e. The second-order valence-corrected chi connectivity index (χ2v) is 4.48. The predicted molar refractivity (Wildman–Crippen MR) is 60.7 cm³/mol.